The molecule has 126 valence electrons. The van der Waals surface area contributed by atoms with E-state index in [1.807, 2.05) is 31.2 Å². The molecule has 1 heterocycles. The largest absolute Gasteiger partial charge is 0.494 e. The van der Waals surface area contributed by atoms with Gasteiger partial charge < -0.3 is 15.0 Å². The van der Waals surface area contributed by atoms with Gasteiger partial charge in [-0.3, -0.25) is 4.79 Å². The molecule has 23 heavy (non-hydrogen) atoms. The van der Waals surface area contributed by atoms with Crippen LogP contribution in [0.5, 0.6) is 5.75 Å². The molecule has 0 spiro atoms. The Morgan fingerprint density at radius 1 is 1.17 bits per heavy atom. The molecule has 0 aromatic heterocycles. The van der Waals surface area contributed by atoms with E-state index in [2.05, 4.69) is 5.32 Å². The van der Waals surface area contributed by atoms with Crippen molar-refractivity contribution in [3.63, 3.8) is 0 Å². The summed E-state index contributed by atoms with van der Waals surface area (Å²) in [4.78, 5) is 13.7. The summed E-state index contributed by atoms with van der Waals surface area (Å²) >= 11 is 0. The highest BCUT2D eigenvalue weighted by molar-refractivity contribution is 5.91. The van der Waals surface area contributed by atoms with Crippen molar-refractivity contribution in [3.05, 3.63) is 24.3 Å². The Bertz CT molecular complexity index is 515. The number of rotatable bonds is 5. The van der Waals surface area contributed by atoms with E-state index in [4.69, 9.17) is 4.74 Å². The summed E-state index contributed by atoms with van der Waals surface area (Å²) in [6.45, 7) is 5.55. The van der Waals surface area contributed by atoms with Crippen molar-refractivity contribution >= 4 is 11.6 Å². The van der Waals surface area contributed by atoms with Crippen LogP contribution in [0.3, 0.4) is 0 Å². The van der Waals surface area contributed by atoms with E-state index >= 15 is 0 Å². The quantitative estimate of drug-likeness (QED) is 0.873. The van der Waals surface area contributed by atoms with Gasteiger partial charge in [-0.05, 0) is 56.4 Å². The zero-order chi connectivity index (χ0) is 16.1. The molecule has 0 radical (unpaired) electrons. The van der Waals surface area contributed by atoms with Crippen LogP contribution >= 0.6 is 0 Å². The molecule has 4 heteroatoms. The smallest absolute Gasteiger partial charge is 0.279 e. The highest BCUT2D eigenvalue weighted by Crippen LogP contribution is 2.32. The van der Waals surface area contributed by atoms with Gasteiger partial charge >= 0.3 is 0 Å². The van der Waals surface area contributed by atoms with Crippen molar-refractivity contribution in [2.75, 3.05) is 31.6 Å². The second-order valence-corrected chi connectivity index (χ2v) is 6.98. The number of benzene rings is 1. The van der Waals surface area contributed by atoms with E-state index in [0.29, 0.717) is 13.2 Å². The summed E-state index contributed by atoms with van der Waals surface area (Å²) in [6.07, 6.45) is 6.88. The maximum absolute atomic E-state index is 12.3. The molecule has 1 amide bonds. The number of amides is 1. The average Bonchev–Trinajstić information content (AvgIpc) is 2.57. The third-order valence-corrected chi connectivity index (χ3v) is 5.35. The number of likely N-dealkylation sites (tertiary alicyclic amines) is 1. The minimum Gasteiger partial charge on any atom is -0.494 e. The molecule has 2 N–H and O–H groups in total. The lowest BCUT2D eigenvalue weighted by molar-refractivity contribution is -0.902. The molecule has 1 saturated carbocycles. The van der Waals surface area contributed by atoms with E-state index in [9.17, 15) is 4.79 Å². The summed E-state index contributed by atoms with van der Waals surface area (Å²) in [5.74, 6) is 2.75. The molecule has 3 atom stereocenters. The van der Waals surface area contributed by atoms with Gasteiger partial charge in [-0.2, -0.15) is 0 Å². The summed E-state index contributed by atoms with van der Waals surface area (Å²) < 4.78 is 5.42. The number of hydrogen-bond donors (Lipinski definition) is 2. The molecule has 1 aromatic carbocycles. The predicted octanol–water partition coefficient (Wildman–Crippen LogP) is 2.12. The van der Waals surface area contributed by atoms with Gasteiger partial charge in [0.05, 0.1) is 19.7 Å². The van der Waals surface area contributed by atoms with Gasteiger partial charge in [-0.1, -0.05) is 12.8 Å². The first-order valence-corrected chi connectivity index (χ1v) is 9.11. The Hall–Kier alpha value is -1.55. The van der Waals surface area contributed by atoms with Crippen LogP contribution in [0.1, 0.15) is 39.0 Å². The lowest BCUT2D eigenvalue weighted by Crippen LogP contribution is -3.15. The Kier molecular flexibility index (Phi) is 5.55. The standard InChI is InChI=1S/C19H28N2O2/c1-2-23-18-9-7-17(8-10-18)20-19(22)14-21-12-11-15-5-3-4-6-16(15)13-21/h7-10,15-16H,2-6,11-14H2,1H3,(H,20,22)/p+1/t15-,16+/m0/s1. The maximum Gasteiger partial charge on any atom is 0.279 e. The molecular formula is C19H29N2O2+. The number of ether oxygens (including phenoxy) is 1. The third kappa shape index (κ3) is 4.47. The highest BCUT2D eigenvalue weighted by atomic mass is 16.5. The first-order valence-electron chi connectivity index (χ1n) is 9.11. The molecule has 1 saturated heterocycles. The van der Waals surface area contributed by atoms with Gasteiger partial charge in [-0.15, -0.1) is 0 Å². The molecule has 3 rings (SSSR count). The molecule has 0 bridgehead atoms. The molecule has 2 aliphatic rings. The van der Waals surface area contributed by atoms with E-state index < -0.39 is 0 Å². The predicted molar refractivity (Wildman–Crippen MR) is 91.9 cm³/mol. The van der Waals surface area contributed by atoms with E-state index in [1.165, 1.54) is 43.5 Å². The van der Waals surface area contributed by atoms with Crippen LogP contribution in [0.15, 0.2) is 24.3 Å². The molecule has 1 aliphatic heterocycles. The first-order chi connectivity index (χ1) is 11.2. The van der Waals surface area contributed by atoms with E-state index in [-0.39, 0.29) is 5.91 Å². The molecule has 4 nitrogen and oxygen atoms in total. The van der Waals surface area contributed by atoms with Crippen molar-refractivity contribution in [3.8, 4) is 5.75 Å². The minimum absolute atomic E-state index is 0.124. The summed E-state index contributed by atoms with van der Waals surface area (Å²) in [5.41, 5.74) is 0.852. The maximum atomic E-state index is 12.3. The molecule has 1 aliphatic carbocycles. The SMILES string of the molecule is CCOc1ccc(NC(=O)C[NH+]2CC[C@@H]3CCCC[C@@H]3C2)cc1. The van der Waals surface area contributed by atoms with Crippen LogP contribution in [-0.4, -0.2) is 32.1 Å². The molecule has 1 aromatic rings. The van der Waals surface area contributed by atoms with Crippen LogP contribution in [0.2, 0.25) is 0 Å². The van der Waals surface area contributed by atoms with Crippen molar-refractivity contribution in [2.45, 2.75) is 39.0 Å². The minimum atomic E-state index is 0.124. The lowest BCUT2D eigenvalue weighted by atomic mass is 9.75. The van der Waals surface area contributed by atoms with Crippen molar-refractivity contribution in [2.24, 2.45) is 11.8 Å². The van der Waals surface area contributed by atoms with Crippen LogP contribution < -0.4 is 15.0 Å². The van der Waals surface area contributed by atoms with Gasteiger partial charge in [0.2, 0.25) is 0 Å². The van der Waals surface area contributed by atoms with Crippen molar-refractivity contribution in [1.29, 1.82) is 0 Å². The van der Waals surface area contributed by atoms with Crippen molar-refractivity contribution < 1.29 is 14.4 Å². The van der Waals surface area contributed by atoms with Crippen molar-refractivity contribution in [1.82, 2.24) is 0 Å². The number of fused-ring (bicyclic) bond motifs is 1. The fraction of sp³-hybridized carbons (Fsp3) is 0.632. The Morgan fingerprint density at radius 2 is 1.91 bits per heavy atom. The van der Waals surface area contributed by atoms with Crippen LogP contribution in [0.4, 0.5) is 5.69 Å². The normalized spacial score (nSPS) is 27.1. The Balaban J connectivity index is 1.47. The van der Waals surface area contributed by atoms with Gasteiger partial charge in [0.25, 0.3) is 5.91 Å². The van der Waals surface area contributed by atoms with Crippen LogP contribution in [0.25, 0.3) is 0 Å². The number of piperidine rings is 1. The van der Waals surface area contributed by atoms with E-state index in [1.54, 1.807) is 0 Å². The average molecular weight is 317 g/mol. The number of hydrogen-bond acceptors (Lipinski definition) is 2. The van der Waals surface area contributed by atoms with Crippen LogP contribution in [-0.2, 0) is 4.79 Å². The Labute approximate surface area is 139 Å². The molecular weight excluding hydrogens is 288 g/mol. The van der Waals surface area contributed by atoms with Gasteiger partial charge in [0.1, 0.15) is 5.75 Å². The monoisotopic (exact) mass is 317 g/mol. The summed E-state index contributed by atoms with van der Waals surface area (Å²) in [6, 6.07) is 7.62. The summed E-state index contributed by atoms with van der Waals surface area (Å²) in [5, 5.41) is 3.02. The Morgan fingerprint density at radius 3 is 2.65 bits per heavy atom. The number of carbonyl (C=O) groups excluding carboxylic acids is 1. The fourth-order valence-corrected chi connectivity index (χ4v) is 4.19. The number of carbonyl (C=O) groups is 1. The topological polar surface area (TPSA) is 42.8 Å². The highest BCUT2D eigenvalue weighted by Gasteiger charge is 2.34. The number of quaternary nitrogens is 1. The van der Waals surface area contributed by atoms with Gasteiger partial charge in [0, 0.05) is 11.6 Å². The number of nitrogens with one attached hydrogen (secondary N) is 2. The first kappa shape index (κ1) is 16.3. The molecule has 2 fully saturated rings. The van der Waals surface area contributed by atoms with Gasteiger partial charge in [0.15, 0.2) is 6.54 Å². The zero-order valence-corrected chi connectivity index (χ0v) is 14.1. The second kappa shape index (κ2) is 7.82. The third-order valence-electron chi connectivity index (χ3n) is 5.35. The van der Waals surface area contributed by atoms with E-state index in [0.717, 1.165) is 29.8 Å². The number of anilines is 1. The van der Waals surface area contributed by atoms with Gasteiger partial charge in [-0.25, -0.2) is 0 Å². The van der Waals surface area contributed by atoms with Crippen LogP contribution in [0, 0.1) is 11.8 Å². The zero-order valence-electron chi connectivity index (χ0n) is 14.1. The molecule has 1 unspecified atom stereocenters. The summed E-state index contributed by atoms with van der Waals surface area (Å²) in [7, 11) is 0. The second-order valence-electron chi connectivity index (χ2n) is 6.98. The fourth-order valence-electron chi connectivity index (χ4n) is 4.19. The lowest BCUT2D eigenvalue weighted by Gasteiger charge is -2.38.